The van der Waals surface area contributed by atoms with Crippen LogP contribution in [0.25, 0.3) is 5.69 Å². The zero-order valence-electron chi connectivity index (χ0n) is 10.7. The number of hydrogen-bond acceptors (Lipinski definition) is 3. The largest absolute Gasteiger partial charge is 0.476 e. The zero-order chi connectivity index (χ0) is 14.0. The highest BCUT2D eigenvalue weighted by Crippen LogP contribution is 2.18. The van der Waals surface area contributed by atoms with Crippen molar-refractivity contribution in [2.45, 2.75) is 20.3 Å². The average Bonchev–Trinajstić information content (AvgIpc) is 2.73. The van der Waals surface area contributed by atoms with Gasteiger partial charge in [-0.25, -0.2) is 9.48 Å². The number of nitrogens with zero attached hydrogens (tertiary/aromatic N) is 3. The normalized spacial score (nSPS) is 10.9. The predicted molar refractivity (Wildman–Crippen MR) is 71.9 cm³/mol. The number of rotatable bonds is 4. The fourth-order valence-corrected chi connectivity index (χ4v) is 1.95. The zero-order valence-corrected chi connectivity index (χ0v) is 11.4. The number of hydrogen-bond donors (Lipinski definition) is 1. The highest BCUT2D eigenvalue weighted by atomic mass is 35.5. The maximum atomic E-state index is 11.2. The van der Waals surface area contributed by atoms with Crippen molar-refractivity contribution in [3.63, 3.8) is 0 Å². The maximum Gasteiger partial charge on any atom is 0.358 e. The first kappa shape index (κ1) is 13.5. The number of aromatic nitrogens is 3. The molecule has 0 atom stereocenters. The van der Waals surface area contributed by atoms with E-state index in [0.29, 0.717) is 23.1 Å². The molecule has 1 heterocycles. The summed E-state index contributed by atoms with van der Waals surface area (Å²) in [5.74, 6) is -0.751. The van der Waals surface area contributed by atoms with Gasteiger partial charge in [-0.1, -0.05) is 30.7 Å². The third kappa shape index (κ3) is 2.93. The summed E-state index contributed by atoms with van der Waals surface area (Å²) in [6.07, 6.45) is 0.595. The predicted octanol–water partition coefficient (Wildman–Crippen LogP) is 2.82. The minimum Gasteiger partial charge on any atom is -0.476 e. The lowest BCUT2D eigenvalue weighted by Crippen LogP contribution is -2.09. The molecule has 19 heavy (non-hydrogen) atoms. The number of aromatic carboxylic acids is 1. The van der Waals surface area contributed by atoms with E-state index in [1.54, 1.807) is 28.9 Å². The van der Waals surface area contributed by atoms with E-state index in [2.05, 4.69) is 10.3 Å². The molecule has 1 N–H and O–H groups in total. The molecule has 0 radical (unpaired) electrons. The van der Waals surface area contributed by atoms with Crippen molar-refractivity contribution in [1.82, 2.24) is 15.0 Å². The second-order valence-corrected chi connectivity index (χ2v) is 5.11. The second kappa shape index (κ2) is 5.40. The summed E-state index contributed by atoms with van der Waals surface area (Å²) >= 11 is 5.84. The minimum atomic E-state index is -1.06. The molecule has 0 amide bonds. The van der Waals surface area contributed by atoms with Crippen LogP contribution in [0.2, 0.25) is 5.02 Å². The molecule has 0 aliphatic heterocycles. The van der Waals surface area contributed by atoms with Crippen LogP contribution in [0.5, 0.6) is 0 Å². The van der Waals surface area contributed by atoms with Gasteiger partial charge in [0, 0.05) is 5.02 Å². The summed E-state index contributed by atoms with van der Waals surface area (Å²) < 4.78 is 1.56. The van der Waals surface area contributed by atoms with Gasteiger partial charge in [0.1, 0.15) is 0 Å². The fourth-order valence-electron chi connectivity index (χ4n) is 1.83. The molecule has 100 valence electrons. The van der Waals surface area contributed by atoms with Crippen molar-refractivity contribution < 1.29 is 9.90 Å². The quantitative estimate of drug-likeness (QED) is 0.934. The molecule has 0 fully saturated rings. The van der Waals surface area contributed by atoms with Gasteiger partial charge in [0.25, 0.3) is 0 Å². The Labute approximate surface area is 115 Å². The van der Waals surface area contributed by atoms with Gasteiger partial charge in [0.2, 0.25) is 0 Å². The van der Waals surface area contributed by atoms with Gasteiger partial charge in [0.05, 0.1) is 11.4 Å². The Morgan fingerprint density at radius 2 is 2.00 bits per heavy atom. The Morgan fingerprint density at radius 3 is 2.53 bits per heavy atom. The summed E-state index contributed by atoms with van der Waals surface area (Å²) in [5.41, 5.74) is 1.36. The molecular weight excluding hydrogens is 266 g/mol. The molecule has 6 heteroatoms. The van der Waals surface area contributed by atoms with Crippen LogP contribution in [0.3, 0.4) is 0 Å². The van der Waals surface area contributed by atoms with E-state index in [9.17, 15) is 4.79 Å². The summed E-state index contributed by atoms with van der Waals surface area (Å²) in [7, 11) is 0. The van der Waals surface area contributed by atoms with Crippen molar-refractivity contribution >= 4 is 17.6 Å². The van der Waals surface area contributed by atoms with Crippen LogP contribution in [0, 0.1) is 5.92 Å². The molecule has 0 unspecified atom stereocenters. The highest BCUT2D eigenvalue weighted by molar-refractivity contribution is 6.30. The molecule has 2 rings (SSSR count). The molecular formula is C13H14ClN3O2. The molecule has 0 saturated heterocycles. The standard InChI is InChI=1S/C13H14ClN3O2/c1-8(2)7-11-12(13(18)19)15-16-17(11)10-5-3-9(14)4-6-10/h3-6,8H,7H2,1-2H3,(H,18,19). The monoisotopic (exact) mass is 279 g/mol. The maximum absolute atomic E-state index is 11.2. The van der Waals surface area contributed by atoms with Gasteiger partial charge >= 0.3 is 5.97 Å². The van der Waals surface area contributed by atoms with E-state index in [1.807, 2.05) is 13.8 Å². The number of carboxylic acid groups (broad SMARTS) is 1. The minimum absolute atomic E-state index is 0.00338. The third-order valence-electron chi connectivity index (χ3n) is 2.64. The van der Waals surface area contributed by atoms with Crippen molar-refractivity contribution in [1.29, 1.82) is 0 Å². The summed E-state index contributed by atoms with van der Waals surface area (Å²) in [4.78, 5) is 11.2. The smallest absolute Gasteiger partial charge is 0.358 e. The fraction of sp³-hybridized carbons (Fsp3) is 0.308. The van der Waals surface area contributed by atoms with Crippen molar-refractivity contribution in [3.05, 3.63) is 40.7 Å². The lowest BCUT2D eigenvalue weighted by atomic mass is 10.1. The van der Waals surface area contributed by atoms with E-state index >= 15 is 0 Å². The number of carbonyl (C=O) groups is 1. The summed E-state index contributed by atoms with van der Waals surface area (Å²) in [5, 5.41) is 17.4. The van der Waals surface area contributed by atoms with Crippen molar-refractivity contribution in [3.8, 4) is 5.69 Å². The number of carboxylic acids is 1. The first-order valence-corrected chi connectivity index (χ1v) is 6.30. The van der Waals surface area contributed by atoms with Gasteiger partial charge in [-0.3, -0.25) is 0 Å². The molecule has 0 bridgehead atoms. The molecule has 0 aliphatic rings. The SMILES string of the molecule is CC(C)Cc1c(C(=O)O)nnn1-c1ccc(Cl)cc1. The Bertz CT molecular complexity index is 590. The van der Waals surface area contributed by atoms with Crippen LogP contribution < -0.4 is 0 Å². The van der Waals surface area contributed by atoms with Gasteiger partial charge in [0.15, 0.2) is 5.69 Å². The van der Waals surface area contributed by atoms with E-state index in [4.69, 9.17) is 16.7 Å². The van der Waals surface area contributed by atoms with Crippen molar-refractivity contribution in [2.75, 3.05) is 0 Å². The van der Waals surface area contributed by atoms with E-state index in [0.717, 1.165) is 5.69 Å². The Balaban J connectivity index is 2.50. The summed E-state index contributed by atoms with van der Waals surface area (Å²) in [6.45, 7) is 4.04. The van der Waals surface area contributed by atoms with Gasteiger partial charge in [-0.2, -0.15) is 0 Å². The van der Waals surface area contributed by atoms with Crippen molar-refractivity contribution in [2.24, 2.45) is 5.92 Å². The second-order valence-electron chi connectivity index (χ2n) is 4.68. The van der Waals surface area contributed by atoms with E-state index in [1.165, 1.54) is 0 Å². The lowest BCUT2D eigenvalue weighted by Gasteiger charge is -2.09. The van der Waals surface area contributed by atoms with Gasteiger partial charge < -0.3 is 5.11 Å². The van der Waals surface area contributed by atoms with Crippen LogP contribution in [0.15, 0.2) is 24.3 Å². The van der Waals surface area contributed by atoms with Crippen LogP contribution in [-0.2, 0) is 6.42 Å². The summed E-state index contributed by atoms with van der Waals surface area (Å²) in [6, 6.07) is 7.04. The van der Waals surface area contributed by atoms with Crippen LogP contribution in [-0.4, -0.2) is 26.1 Å². The first-order valence-electron chi connectivity index (χ1n) is 5.93. The lowest BCUT2D eigenvalue weighted by molar-refractivity contribution is 0.0689. The topological polar surface area (TPSA) is 68.0 Å². The highest BCUT2D eigenvalue weighted by Gasteiger charge is 2.20. The Kier molecular flexibility index (Phi) is 3.85. The molecule has 0 spiro atoms. The molecule has 2 aromatic rings. The van der Waals surface area contributed by atoms with E-state index < -0.39 is 5.97 Å². The van der Waals surface area contributed by atoms with Gasteiger partial charge in [-0.15, -0.1) is 5.10 Å². The van der Waals surface area contributed by atoms with Crippen LogP contribution in [0.1, 0.15) is 30.0 Å². The first-order chi connectivity index (χ1) is 8.99. The molecule has 5 nitrogen and oxygen atoms in total. The van der Waals surface area contributed by atoms with E-state index in [-0.39, 0.29) is 5.69 Å². The number of halogens is 1. The Hall–Kier alpha value is -1.88. The van der Waals surface area contributed by atoms with Gasteiger partial charge in [-0.05, 0) is 36.6 Å². The molecule has 1 aromatic carbocycles. The van der Waals surface area contributed by atoms with Crippen LogP contribution in [0.4, 0.5) is 0 Å². The average molecular weight is 280 g/mol. The van der Waals surface area contributed by atoms with Crippen LogP contribution >= 0.6 is 11.6 Å². The molecule has 0 aliphatic carbocycles. The third-order valence-corrected chi connectivity index (χ3v) is 2.89. The molecule has 0 saturated carbocycles. The molecule has 1 aromatic heterocycles. The number of benzene rings is 1. The Morgan fingerprint density at radius 1 is 1.37 bits per heavy atom.